The largest absolute Gasteiger partial charge is 0.462 e. The number of fused-ring (bicyclic) bond motifs is 1. The van der Waals surface area contributed by atoms with Gasteiger partial charge in [-0.2, -0.15) is 0 Å². The van der Waals surface area contributed by atoms with Gasteiger partial charge >= 0.3 is 5.97 Å². The van der Waals surface area contributed by atoms with Crippen LogP contribution in [0.25, 0.3) is 0 Å². The van der Waals surface area contributed by atoms with Gasteiger partial charge in [0.1, 0.15) is 5.82 Å². The number of anilines is 1. The van der Waals surface area contributed by atoms with Crippen LogP contribution in [-0.2, 0) is 4.74 Å². The number of carbonyl (C=O) groups excluding carboxylic acids is 3. The quantitative estimate of drug-likeness (QED) is 0.631. The van der Waals surface area contributed by atoms with Crippen LogP contribution < -0.4 is 4.90 Å². The number of hydrogen-bond donors (Lipinski definition) is 0. The SMILES string of the molecule is CC(C)COC(=O)c1ccc2c(c1)C(=O)N(c1ccc(F)cc1)C2=O. The number of ether oxygens (including phenoxy) is 1. The van der Waals surface area contributed by atoms with Gasteiger partial charge in [-0.25, -0.2) is 14.1 Å². The highest BCUT2D eigenvalue weighted by Crippen LogP contribution is 2.29. The Morgan fingerprint density at radius 1 is 1.04 bits per heavy atom. The van der Waals surface area contributed by atoms with E-state index in [4.69, 9.17) is 4.74 Å². The highest BCUT2D eigenvalue weighted by molar-refractivity contribution is 6.34. The minimum atomic E-state index is -0.551. The fourth-order valence-corrected chi connectivity index (χ4v) is 2.52. The Balaban J connectivity index is 1.90. The van der Waals surface area contributed by atoms with E-state index in [1.54, 1.807) is 0 Å². The summed E-state index contributed by atoms with van der Waals surface area (Å²) in [7, 11) is 0. The smallest absolute Gasteiger partial charge is 0.338 e. The summed E-state index contributed by atoms with van der Waals surface area (Å²) in [5, 5.41) is 0. The summed E-state index contributed by atoms with van der Waals surface area (Å²) in [5.74, 6) is -1.87. The highest BCUT2D eigenvalue weighted by atomic mass is 19.1. The number of nitrogens with zero attached hydrogens (tertiary/aromatic N) is 1. The molecule has 0 unspecified atom stereocenters. The summed E-state index contributed by atoms with van der Waals surface area (Å²) in [6, 6.07) is 9.32. The summed E-state index contributed by atoms with van der Waals surface area (Å²) < 4.78 is 18.2. The molecule has 128 valence electrons. The number of benzene rings is 2. The Bertz CT molecular complexity index is 858. The van der Waals surface area contributed by atoms with Crippen molar-refractivity contribution >= 4 is 23.5 Å². The minimum Gasteiger partial charge on any atom is -0.462 e. The molecule has 6 heteroatoms. The molecule has 0 aromatic heterocycles. The normalized spacial score (nSPS) is 13.4. The van der Waals surface area contributed by atoms with E-state index in [1.807, 2.05) is 13.8 Å². The lowest BCUT2D eigenvalue weighted by Crippen LogP contribution is -2.29. The molecular formula is C19H16FNO4. The van der Waals surface area contributed by atoms with Crippen molar-refractivity contribution in [1.29, 1.82) is 0 Å². The summed E-state index contributed by atoms with van der Waals surface area (Å²) in [6.45, 7) is 4.10. The van der Waals surface area contributed by atoms with Gasteiger partial charge in [0.05, 0.1) is 29.0 Å². The molecule has 0 bridgehead atoms. The summed E-state index contributed by atoms with van der Waals surface area (Å²) in [5.41, 5.74) is 0.820. The molecule has 3 rings (SSSR count). The standard InChI is InChI=1S/C19H16FNO4/c1-11(2)10-25-19(24)12-3-8-15-16(9-12)18(23)21(17(15)22)14-6-4-13(20)5-7-14/h3-9,11H,10H2,1-2H3. The van der Waals surface area contributed by atoms with E-state index in [-0.39, 0.29) is 34.9 Å². The lowest BCUT2D eigenvalue weighted by molar-refractivity contribution is 0.0458. The molecular weight excluding hydrogens is 325 g/mol. The van der Waals surface area contributed by atoms with Gasteiger partial charge in [0.15, 0.2) is 0 Å². The number of rotatable bonds is 4. The molecule has 1 heterocycles. The first kappa shape index (κ1) is 16.8. The van der Waals surface area contributed by atoms with Crippen LogP contribution in [0.2, 0.25) is 0 Å². The lowest BCUT2D eigenvalue weighted by atomic mass is 10.1. The van der Waals surface area contributed by atoms with Crippen molar-refractivity contribution in [3.05, 3.63) is 65.0 Å². The zero-order chi connectivity index (χ0) is 18.1. The van der Waals surface area contributed by atoms with E-state index < -0.39 is 23.6 Å². The third-order valence-electron chi connectivity index (χ3n) is 3.75. The summed E-state index contributed by atoms with van der Waals surface area (Å²) >= 11 is 0. The molecule has 0 saturated carbocycles. The molecule has 0 radical (unpaired) electrons. The average Bonchev–Trinajstić information content (AvgIpc) is 2.84. The van der Waals surface area contributed by atoms with Crippen LogP contribution in [0, 0.1) is 11.7 Å². The molecule has 2 amide bonds. The number of amides is 2. The molecule has 1 aliphatic heterocycles. The van der Waals surface area contributed by atoms with E-state index in [0.29, 0.717) is 0 Å². The third kappa shape index (κ3) is 3.15. The van der Waals surface area contributed by atoms with Crippen molar-refractivity contribution in [2.45, 2.75) is 13.8 Å². The number of esters is 1. The second kappa shape index (κ2) is 6.47. The Labute approximate surface area is 144 Å². The van der Waals surface area contributed by atoms with Crippen LogP contribution in [0.15, 0.2) is 42.5 Å². The summed E-state index contributed by atoms with van der Waals surface area (Å²) in [6.07, 6.45) is 0. The number of hydrogen-bond acceptors (Lipinski definition) is 4. The molecule has 2 aromatic carbocycles. The van der Waals surface area contributed by atoms with Gasteiger partial charge in [0.2, 0.25) is 0 Å². The second-order valence-electron chi connectivity index (χ2n) is 6.17. The van der Waals surface area contributed by atoms with Crippen molar-refractivity contribution in [2.24, 2.45) is 5.92 Å². The predicted molar refractivity (Wildman–Crippen MR) is 89.1 cm³/mol. The van der Waals surface area contributed by atoms with Crippen molar-refractivity contribution in [3.63, 3.8) is 0 Å². The molecule has 0 fully saturated rings. The van der Waals surface area contributed by atoms with Gasteiger partial charge in [0, 0.05) is 0 Å². The van der Waals surface area contributed by atoms with Crippen molar-refractivity contribution < 1.29 is 23.5 Å². The van der Waals surface area contributed by atoms with Gasteiger partial charge in [-0.3, -0.25) is 9.59 Å². The predicted octanol–water partition coefficient (Wildman–Crippen LogP) is 3.44. The highest BCUT2D eigenvalue weighted by Gasteiger charge is 2.37. The third-order valence-corrected chi connectivity index (χ3v) is 3.75. The van der Waals surface area contributed by atoms with Crippen LogP contribution in [0.4, 0.5) is 10.1 Å². The Hall–Kier alpha value is -3.02. The lowest BCUT2D eigenvalue weighted by Gasteiger charge is -2.13. The average molecular weight is 341 g/mol. The van der Waals surface area contributed by atoms with E-state index in [0.717, 1.165) is 4.90 Å². The van der Waals surface area contributed by atoms with Crippen molar-refractivity contribution in [3.8, 4) is 0 Å². The zero-order valence-electron chi connectivity index (χ0n) is 13.8. The van der Waals surface area contributed by atoms with E-state index in [2.05, 4.69) is 0 Å². The van der Waals surface area contributed by atoms with Crippen LogP contribution >= 0.6 is 0 Å². The fraction of sp³-hybridized carbons (Fsp3) is 0.211. The Morgan fingerprint density at radius 3 is 2.32 bits per heavy atom. The maximum absolute atomic E-state index is 13.1. The van der Waals surface area contributed by atoms with Crippen LogP contribution in [0.1, 0.15) is 44.9 Å². The zero-order valence-corrected chi connectivity index (χ0v) is 13.8. The monoisotopic (exact) mass is 341 g/mol. The molecule has 5 nitrogen and oxygen atoms in total. The number of carbonyl (C=O) groups is 3. The van der Waals surface area contributed by atoms with Crippen LogP contribution in [-0.4, -0.2) is 24.4 Å². The van der Waals surface area contributed by atoms with Gasteiger partial charge in [0.25, 0.3) is 11.8 Å². The molecule has 0 saturated heterocycles. The number of imide groups is 1. The van der Waals surface area contributed by atoms with Gasteiger partial charge in [-0.05, 0) is 48.4 Å². The molecule has 0 atom stereocenters. The van der Waals surface area contributed by atoms with Gasteiger partial charge in [-0.15, -0.1) is 0 Å². The van der Waals surface area contributed by atoms with Crippen molar-refractivity contribution in [2.75, 3.05) is 11.5 Å². The first-order valence-corrected chi connectivity index (χ1v) is 7.84. The maximum atomic E-state index is 13.1. The molecule has 2 aromatic rings. The minimum absolute atomic E-state index is 0.133. The Kier molecular flexibility index (Phi) is 4.35. The topological polar surface area (TPSA) is 63.7 Å². The Morgan fingerprint density at radius 2 is 1.68 bits per heavy atom. The fourth-order valence-electron chi connectivity index (χ4n) is 2.52. The van der Waals surface area contributed by atoms with Gasteiger partial charge in [-0.1, -0.05) is 13.8 Å². The van der Waals surface area contributed by atoms with E-state index in [9.17, 15) is 18.8 Å². The first-order valence-electron chi connectivity index (χ1n) is 7.84. The molecule has 25 heavy (non-hydrogen) atoms. The first-order chi connectivity index (χ1) is 11.9. The van der Waals surface area contributed by atoms with Gasteiger partial charge < -0.3 is 4.74 Å². The summed E-state index contributed by atoms with van der Waals surface area (Å²) in [4.78, 5) is 38.1. The van der Waals surface area contributed by atoms with Crippen LogP contribution in [0.3, 0.4) is 0 Å². The molecule has 0 N–H and O–H groups in total. The molecule has 1 aliphatic rings. The molecule has 0 aliphatic carbocycles. The van der Waals surface area contributed by atoms with Crippen LogP contribution in [0.5, 0.6) is 0 Å². The maximum Gasteiger partial charge on any atom is 0.338 e. The number of halogens is 1. The van der Waals surface area contributed by atoms with E-state index in [1.165, 1.54) is 42.5 Å². The van der Waals surface area contributed by atoms with E-state index >= 15 is 0 Å². The van der Waals surface area contributed by atoms with Crippen molar-refractivity contribution in [1.82, 2.24) is 0 Å². The molecule has 0 spiro atoms. The second-order valence-corrected chi connectivity index (χ2v) is 6.17.